The van der Waals surface area contributed by atoms with Gasteiger partial charge in [0.1, 0.15) is 6.29 Å². The molecule has 0 unspecified atom stereocenters. The number of hydrogen-bond acceptors (Lipinski definition) is 4. The van der Waals surface area contributed by atoms with Crippen LogP contribution in [0.5, 0.6) is 0 Å². The monoisotopic (exact) mass is 185 g/mol. The molecule has 13 heavy (non-hydrogen) atoms. The van der Waals surface area contributed by atoms with Crippen molar-refractivity contribution in [3.05, 3.63) is 11.8 Å². The molecule has 4 nitrogen and oxygen atoms in total. The third-order valence-electron chi connectivity index (χ3n) is 1.25. The molecule has 0 aliphatic heterocycles. The lowest BCUT2D eigenvalue weighted by Crippen LogP contribution is -2.12. The average molecular weight is 185 g/mol. The number of nitrogens with zero attached hydrogens (tertiary/aromatic N) is 1. The largest absolute Gasteiger partial charge is 0.463 e. The standard InChI is InChI=1S/C9H15NO3/c1-4-13-9(12)8(5-6-11)7-10(2)3/h6-7H,4-5H2,1-3H3. The molecule has 0 heterocycles. The predicted octanol–water partition coefficient (Wildman–Crippen LogP) is 0.584. The van der Waals surface area contributed by atoms with Crippen molar-refractivity contribution < 1.29 is 14.3 Å². The number of carbonyl (C=O) groups is 2. The van der Waals surface area contributed by atoms with Crippen LogP contribution >= 0.6 is 0 Å². The zero-order valence-electron chi connectivity index (χ0n) is 8.24. The zero-order chi connectivity index (χ0) is 10.3. The fraction of sp³-hybridized carbons (Fsp3) is 0.556. The maximum absolute atomic E-state index is 11.2. The van der Waals surface area contributed by atoms with Gasteiger partial charge in [0.15, 0.2) is 0 Å². The van der Waals surface area contributed by atoms with E-state index in [0.29, 0.717) is 18.5 Å². The lowest BCUT2D eigenvalue weighted by molar-refractivity contribution is -0.139. The quantitative estimate of drug-likeness (QED) is 0.357. The molecular formula is C9H15NO3. The van der Waals surface area contributed by atoms with E-state index in [0.717, 1.165) is 0 Å². The molecule has 0 aromatic rings. The maximum Gasteiger partial charge on any atom is 0.335 e. The molecule has 0 aromatic carbocycles. The van der Waals surface area contributed by atoms with Gasteiger partial charge < -0.3 is 14.4 Å². The maximum atomic E-state index is 11.2. The van der Waals surface area contributed by atoms with Crippen molar-refractivity contribution in [2.24, 2.45) is 0 Å². The molecule has 0 bridgehead atoms. The Morgan fingerprint density at radius 1 is 1.46 bits per heavy atom. The van der Waals surface area contributed by atoms with Crippen LogP contribution < -0.4 is 0 Å². The van der Waals surface area contributed by atoms with Gasteiger partial charge in [0.2, 0.25) is 0 Å². The number of ether oxygens (including phenoxy) is 1. The molecule has 0 spiro atoms. The Hall–Kier alpha value is -1.32. The first kappa shape index (κ1) is 11.7. The molecule has 0 aliphatic rings. The minimum Gasteiger partial charge on any atom is -0.463 e. The summed E-state index contributed by atoms with van der Waals surface area (Å²) >= 11 is 0. The summed E-state index contributed by atoms with van der Waals surface area (Å²) in [6, 6.07) is 0. The van der Waals surface area contributed by atoms with Crippen molar-refractivity contribution in [1.29, 1.82) is 0 Å². The van der Waals surface area contributed by atoms with E-state index in [-0.39, 0.29) is 6.42 Å². The minimum absolute atomic E-state index is 0.0943. The Labute approximate surface area is 78.2 Å². The van der Waals surface area contributed by atoms with Crippen molar-refractivity contribution >= 4 is 12.3 Å². The first-order valence-corrected chi connectivity index (χ1v) is 4.09. The summed E-state index contributed by atoms with van der Waals surface area (Å²) in [5.74, 6) is -0.427. The van der Waals surface area contributed by atoms with Crippen LogP contribution in [-0.2, 0) is 14.3 Å². The first-order chi connectivity index (χ1) is 6.11. The molecular weight excluding hydrogens is 170 g/mol. The van der Waals surface area contributed by atoms with E-state index in [1.807, 2.05) is 0 Å². The van der Waals surface area contributed by atoms with Crippen LogP contribution in [0.3, 0.4) is 0 Å². The van der Waals surface area contributed by atoms with Gasteiger partial charge in [-0.15, -0.1) is 0 Å². The van der Waals surface area contributed by atoms with Crippen molar-refractivity contribution in [1.82, 2.24) is 4.90 Å². The molecule has 0 amide bonds. The Kier molecular flexibility index (Phi) is 5.59. The van der Waals surface area contributed by atoms with Crippen LogP contribution in [0.25, 0.3) is 0 Å². The highest BCUT2D eigenvalue weighted by atomic mass is 16.5. The summed E-state index contributed by atoms with van der Waals surface area (Å²) < 4.78 is 4.76. The number of carbonyl (C=O) groups excluding carboxylic acids is 2. The normalized spacial score (nSPS) is 10.8. The second-order valence-electron chi connectivity index (χ2n) is 2.71. The van der Waals surface area contributed by atoms with E-state index in [2.05, 4.69) is 0 Å². The van der Waals surface area contributed by atoms with Crippen LogP contribution in [0.2, 0.25) is 0 Å². The fourth-order valence-electron chi connectivity index (χ4n) is 0.814. The highest BCUT2D eigenvalue weighted by Gasteiger charge is 2.09. The van der Waals surface area contributed by atoms with E-state index < -0.39 is 5.97 Å². The highest BCUT2D eigenvalue weighted by Crippen LogP contribution is 2.02. The second kappa shape index (κ2) is 6.22. The van der Waals surface area contributed by atoms with Crippen molar-refractivity contribution in [3.63, 3.8) is 0 Å². The second-order valence-corrected chi connectivity index (χ2v) is 2.71. The van der Waals surface area contributed by atoms with E-state index in [4.69, 9.17) is 4.74 Å². The minimum atomic E-state index is -0.427. The van der Waals surface area contributed by atoms with Crippen LogP contribution in [0.4, 0.5) is 0 Å². The highest BCUT2D eigenvalue weighted by molar-refractivity contribution is 5.91. The smallest absolute Gasteiger partial charge is 0.335 e. The Bertz CT molecular complexity index is 209. The lowest BCUT2D eigenvalue weighted by atomic mass is 10.2. The van der Waals surface area contributed by atoms with Crippen molar-refractivity contribution in [2.45, 2.75) is 13.3 Å². The third kappa shape index (κ3) is 5.00. The molecule has 0 fully saturated rings. The lowest BCUT2D eigenvalue weighted by Gasteiger charge is -2.08. The van der Waals surface area contributed by atoms with Gasteiger partial charge in [-0.05, 0) is 6.92 Å². The number of esters is 1. The number of hydrogen-bond donors (Lipinski definition) is 0. The molecule has 0 aliphatic carbocycles. The van der Waals surface area contributed by atoms with Crippen LogP contribution in [0, 0.1) is 0 Å². The molecule has 74 valence electrons. The van der Waals surface area contributed by atoms with Crippen molar-refractivity contribution in [2.75, 3.05) is 20.7 Å². The molecule has 0 radical (unpaired) electrons. The van der Waals surface area contributed by atoms with Gasteiger partial charge in [-0.1, -0.05) is 0 Å². The van der Waals surface area contributed by atoms with Crippen LogP contribution in [-0.4, -0.2) is 37.9 Å². The first-order valence-electron chi connectivity index (χ1n) is 4.09. The van der Waals surface area contributed by atoms with Gasteiger partial charge >= 0.3 is 5.97 Å². The molecule has 0 N–H and O–H groups in total. The summed E-state index contributed by atoms with van der Waals surface area (Å²) in [5.41, 5.74) is 0.377. The summed E-state index contributed by atoms with van der Waals surface area (Å²) in [7, 11) is 3.56. The van der Waals surface area contributed by atoms with Crippen LogP contribution in [0.15, 0.2) is 11.8 Å². The topological polar surface area (TPSA) is 46.6 Å². The fourth-order valence-corrected chi connectivity index (χ4v) is 0.814. The number of rotatable bonds is 5. The van der Waals surface area contributed by atoms with Gasteiger partial charge in [-0.25, -0.2) is 4.79 Å². The van der Waals surface area contributed by atoms with Gasteiger partial charge in [0.25, 0.3) is 0 Å². The van der Waals surface area contributed by atoms with Gasteiger partial charge in [-0.3, -0.25) is 0 Å². The van der Waals surface area contributed by atoms with E-state index in [1.54, 1.807) is 32.1 Å². The molecule has 0 aromatic heterocycles. The number of aldehydes is 1. The Balaban J connectivity index is 4.40. The molecule has 0 saturated carbocycles. The van der Waals surface area contributed by atoms with Crippen LogP contribution in [0.1, 0.15) is 13.3 Å². The van der Waals surface area contributed by atoms with E-state index in [1.165, 1.54) is 0 Å². The Morgan fingerprint density at radius 2 is 2.08 bits per heavy atom. The average Bonchev–Trinajstić information content (AvgIpc) is 2.03. The molecule has 0 saturated heterocycles. The summed E-state index contributed by atoms with van der Waals surface area (Å²) in [4.78, 5) is 23.1. The van der Waals surface area contributed by atoms with E-state index in [9.17, 15) is 9.59 Å². The van der Waals surface area contributed by atoms with E-state index >= 15 is 0 Å². The van der Waals surface area contributed by atoms with Gasteiger partial charge in [-0.2, -0.15) is 0 Å². The zero-order valence-corrected chi connectivity index (χ0v) is 8.24. The summed E-state index contributed by atoms with van der Waals surface area (Å²) in [5, 5.41) is 0. The predicted molar refractivity (Wildman–Crippen MR) is 49.1 cm³/mol. The van der Waals surface area contributed by atoms with Crippen molar-refractivity contribution in [3.8, 4) is 0 Å². The van der Waals surface area contributed by atoms with Gasteiger partial charge in [0.05, 0.1) is 12.2 Å². The molecule has 4 heteroatoms. The molecule has 0 atom stereocenters. The summed E-state index contributed by atoms with van der Waals surface area (Å²) in [6.07, 6.45) is 2.37. The summed E-state index contributed by atoms with van der Waals surface area (Å²) in [6.45, 7) is 2.05. The van der Waals surface area contributed by atoms with Gasteiger partial charge in [0, 0.05) is 26.7 Å². The Morgan fingerprint density at radius 3 is 2.46 bits per heavy atom. The molecule has 0 rings (SSSR count). The third-order valence-corrected chi connectivity index (χ3v) is 1.25. The SMILES string of the molecule is CCOC(=O)C(=CN(C)C)CC=O.